The van der Waals surface area contributed by atoms with E-state index in [0.717, 1.165) is 6.07 Å². The number of halogens is 4. The van der Waals surface area contributed by atoms with Gasteiger partial charge in [0.05, 0.1) is 11.5 Å². The van der Waals surface area contributed by atoms with Crippen molar-refractivity contribution in [2.75, 3.05) is 6.54 Å². The van der Waals surface area contributed by atoms with Crippen molar-refractivity contribution in [3.63, 3.8) is 0 Å². The predicted octanol–water partition coefficient (Wildman–Crippen LogP) is 1.90. The fourth-order valence-electron chi connectivity index (χ4n) is 1.28. The molecule has 0 spiro atoms. The Morgan fingerprint density at radius 3 is 2.60 bits per heavy atom. The molecule has 1 rings (SSSR count). The largest absolute Gasteiger partial charge is 0.416 e. The molecule has 1 aromatic rings. The van der Waals surface area contributed by atoms with Crippen LogP contribution in [0.15, 0.2) is 18.2 Å². The third-order valence-corrected chi connectivity index (χ3v) is 2.55. The van der Waals surface area contributed by atoms with Crippen LogP contribution >= 0.6 is 11.6 Å². The molecule has 20 heavy (non-hydrogen) atoms. The normalized spacial score (nSPS) is 12.8. The van der Waals surface area contributed by atoms with Crippen LogP contribution < -0.4 is 5.32 Å². The summed E-state index contributed by atoms with van der Waals surface area (Å²) in [6, 6.07) is 3.45. The highest BCUT2D eigenvalue weighted by molar-refractivity contribution is 6.33. The van der Waals surface area contributed by atoms with Crippen molar-refractivity contribution in [1.82, 2.24) is 5.32 Å². The first-order valence-electron chi connectivity index (χ1n) is 5.10. The molecule has 0 radical (unpaired) electrons. The van der Waals surface area contributed by atoms with Gasteiger partial charge in [0, 0.05) is 0 Å². The van der Waals surface area contributed by atoms with Crippen LogP contribution in [0.2, 0.25) is 5.02 Å². The van der Waals surface area contributed by atoms with E-state index in [1.54, 1.807) is 5.32 Å². The highest BCUT2D eigenvalue weighted by Gasteiger charge is 2.38. The number of nitro benzene ring substituents is 1. The van der Waals surface area contributed by atoms with Gasteiger partial charge in [-0.05, 0) is 12.1 Å². The van der Waals surface area contributed by atoms with Crippen molar-refractivity contribution in [3.05, 3.63) is 38.9 Å². The molecule has 0 bridgehead atoms. The van der Waals surface area contributed by atoms with Gasteiger partial charge in [0.2, 0.25) is 0 Å². The Hall–Kier alpha value is -1.87. The Kier molecular flexibility index (Phi) is 4.90. The van der Waals surface area contributed by atoms with Gasteiger partial charge in [-0.15, -0.1) is 0 Å². The fraction of sp³-hybridized carbons (Fsp3) is 0.300. The van der Waals surface area contributed by atoms with Crippen molar-refractivity contribution in [3.8, 4) is 0 Å². The Labute approximate surface area is 115 Å². The van der Waals surface area contributed by atoms with E-state index in [1.165, 1.54) is 12.1 Å². The summed E-state index contributed by atoms with van der Waals surface area (Å²) >= 11 is 5.55. The van der Waals surface area contributed by atoms with Crippen molar-refractivity contribution in [2.24, 2.45) is 0 Å². The minimum atomic E-state index is -4.90. The van der Waals surface area contributed by atoms with Crippen LogP contribution in [0.5, 0.6) is 0 Å². The highest BCUT2D eigenvalue weighted by atomic mass is 35.5. The lowest BCUT2D eigenvalue weighted by atomic mass is 10.1. The topological polar surface area (TPSA) is 92.5 Å². The van der Waals surface area contributed by atoms with Gasteiger partial charge in [-0.1, -0.05) is 17.7 Å². The number of alkyl halides is 3. The molecule has 0 aliphatic carbocycles. The SMILES string of the molecule is O=C(NCC(O)C(F)(F)F)c1cccc(Cl)c1[N+](=O)[O-]. The molecule has 1 amide bonds. The number of nitrogens with one attached hydrogen (secondary N) is 1. The molecule has 1 atom stereocenters. The Morgan fingerprint density at radius 2 is 2.10 bits per heavy atom. The van der Waals surface area contributed by atoms with Crippen molar-refractivity contribution in [1.29, 1.82) is 0 Å². The Balaban J connectivity index is 2.89. The summed E-state index contributed by atoms with van der Waals surface area (Å²) in [6.45, 7) is -1.12. The maximum Gasteiger partial charge on any atom is 0.416 e. The number of carbonyl (C=O) groups excluding carboxylic acids is 1. The Morgan fingerprint density at radius 1 is 1.50 bits per heavy atom. The number of aliphatic hydroxyl groups excluding tert-OH is 1. The second-order valence-corrected chi connectivity index (χ2v) is 4.07. The van der Waals surface area contributed by atoms with Crippen LogP contribution in [0.1, 0.15) is 10.4 Å². The fourth-order valence-corrected chi connectivity index (χ4v) is 1.53. The molecule has 110 valence electrons. The minimum Gasteiger partial charge on any atom is -0.382 e. The average molecular weight is 313 g/mol. The summed E-state index contributed by atoms with van der Waals surface area (Å²) in [6.07, 6.45) is -7.65. The van der Waals surface area contributed by atoms with E-state index in [2.05, 4.69) is 0 Å². The molecule has 2 N–H and O–H groups in total. The van der Waals surface area contributed by atoms with Crippen LogP contribution in [0.3, 0.4) is 0 Å². The van der Waals surface area contributed by atoms with Gasteiger partial charge in [-0.2, -0.15) is 13.2 Å². The number of hydrogen-bond acceptors (Lipinski definition) is 4. The quantitative estimate of drug-likeness (QED) is 0.656. The molecule has 1 unspecified atom stereocenters. The van der Waals surface area contributed by atoms with Gasteiger partial charge in [0.25, 0.3) is 5.91 Å². The summed E-state index contributed by atoms with van der Waals surface area (Å²) in [4.78, 5) is 21.4. The van der Waals surface area contributed by atoms with E-state index < -0.39 is 40.9 Å². The Bertz CT molecular complexity index is 536. The number of aliphatic hydroxyl groups is 1. The van der Waals surface area contributed by atoms with Crippen molar-refractivity contribution in [2.45, 2.75) is 12.3 Å². The zero-order chi connectivity index (χ0) is 15.5. The predicted molar refractivity (Wildman–Crippen MR) is 62.5 cm³/mol. The molecule has 10 heteroatoms. The van der Waals surface area contributed by atoms with E-state index in [0.29, 0.717) is 0 Å². The van der Waals surface area contributed by atoms with E-state index in [-0.39, 0.29) is 5.02 Å². The second-order valence-electron chi connectivity index (χ2n) is 3.66. The van der Waals surface area contributed by atoms with Gasteiger partial charge in [0.1, 0.15) is 10.6 Å². The molecular weight excluding hydrogens is 305 g/mol. The van der Waals surface area contributed by atoms with Gasteiger partial charge in [0.15, 0.2) is 6.10 Å². The van der Waals surface area contributed by atoms with Crippen LogP contribution in [0.25, 0.3) is 0 Å². The van der Waals surface area contributed by atoms with Crippen LogP contribution in [-0.2, 0) is 0 Å². The first kappa shape index (κ1) is 16.2. The summed E-state index contributed by atoms with van der Waals surface area (Å²) < 4.78 is 36.1. The number of para-hydroxylation sites is 1. The van der Waals surface area contributed by atoms with Crippen molar-refractivity contribution >= 4 is 23.2 Å². The monoisotopic (exact) mass is 312 g/mol. The van der Waals surface area contributed by atoms with Gasteiger partial charge in [-0.25, -0.2) is 0 Å². The first-order chi connectivity index (χ1) is 9.14. The molecule has 1 aromatic carbocycles. The van der Waals surface area contributed by atoms with Gasteiger partial charge < -0.3 is 10.4 Å². The molecule has 0 aromatic heterocycles. The van der Waals surface area contributed by atoms with Gasteiger partial charge >= 0.3 is 11.9 Å². The molecule has 0 saturated carbocycles. The highest BCUT2D eigenvalue weighted by Crippen LogP contribution is 2.28. The minimum absolute atomic E-state index is 0.320. The number of nitrogens with zero attached hydrogens (tertiary/aromatic N) is 1. The van der Waals surface area contributed by atoms with Gasteiger partial charge in [-0.3, -0.25) is 14.9 Å². The van der Waals surface area contributed by atoms with E-state index in [1.807, 2.05) is 0 Å². The number of hydrogen-bond donors (Lipinski definition) is 2. The third-order valence-electron chi connectivity index (χ3n) is 2.25. The maximum atomic E-state index is 12.0. The molecule has 0 aliphatic rings. The van der Waals surface area contributed by atoms with E-state index >= 15 is 0 Å². The zero-order valence-corrected chi connectivity index (χ0v) is 10.4. The van der Waals surface area contributed by atoms with E-state index in [4.69, 9.17) is 16.7 Å². The lowest BCUT2D eigenvalue weighted by Gasteiger charge is -2.15. The number of benzene rings is 1. The standard InChI is InChI=1S/C10H8ClF3N2O4/c11-6-3-1-2-5(8(6)16(19)20)9(18)15-4-7(17)10(12,13)14/h1-3,7,17H,4H2,(H,15,18). The summed E-state index contributed by atoms with van der Waals surface area (Å²) in [5, 5.41) is 20.9. The number of nitro groups is 1. The summed E-state index contributed by atoms with van der Waals surface area (Å²) in [7, 11) is 0. The first-order valence-corrected chi connectivity index (χ1v) is 5.48. The molecule has 0 heterocycles. The number of rotatable bonds is 4. The van der Waals surface area contributed by atoms with Crippen LogP contribution in [0, 0.1) is 10.1 Å². The molecule has 6 nitrogen and oxygen atoms in total. The van der Waals surface area contributed by atoms with Crippen molar-refractivity contribution < 1.29 is 28.0 Å². The van der Waals surface area contributed by atoms with Crippen LogP contribution in [0.4, 0.5) is 18.9 Å². The summed E-state index contributed by atoms with van der Waals surface area (Å²) in [5.74, 6) is -1.14. The zero-order valence-electron chi connectivity index (χ0n) is 9.65. The van der Waals surface area contributed by atoms with E-state index in [9.17, 15) is 28.1 Å². The molecule has 0 fully saturated rings. The smallest absolute Gasteiger partial charge is 0.382 e. The lowest BCUT2D eigenvalue weighted by Crippen LogP contribution is -2.40. The third kappa shape index (κ3) is 3.81. The number of amides is 1. The second kappa shape index (κ2) is 6.06. The number of carbonyl (C=O) groups is 1. The average Bonchev–Trinajstić information content (AvgIpc) is 2.33. The molecule has 0 aliphatic heterocycles. The molecular formula is C10H8ClF3N2O4. The molecule has 0 saturated heterocycles. The lowest BCUT2D eigenvalue weighted by molar-refractivity contribution is -0.385. The summed E-state index contributed by atoms with van der Waals surface area (Å²) in [5.41, 5.74) is -1.20. The maximum absolute atomic E-state index is 12.0. The van der Waals surface area contributed by atoms with Crippen LogP contribution in [-0.4, -0.2) is 34.8 Å².